The van der Waals surface area contributed by atoms with Gasteiger partial charge in [0.05, 0.1) is 11.9 Å². The highest BCUT2D eigenvalue weighted by molar-refractivity contribution is 8.00. The predicted octanol–water partition coefficient (Wildman–Crippen LogP) is 3.90. The van der Waals surface area contributed by atoms with Gasteiger partial charge in [0.2, 0.25) is 5.91 Å². The number of aryl methyl sites for hydroxylation is 2. The first-order valence-electron chi connectivity index (χ1n) is 7.36. The molecule has 3 nitrogen and oxygen atoms in total. The Morgan fingerprint density at radius 3 is 2.61 bits per heavy atom. The van der Waals surface area contributed by atoms with Crippen LogP contribution in [0.25, 0.3) is 0 Å². The normalized spacial score (nSPS) is 12.0. The van der Waals surface area contributed by atoms with E-state index in [1.807, 2.05) is 13.8 Å². The van der Waals surface area contributed by atoms with Crippen molar-refractivity contribution in [2.45, 2.75) is 24.8 Å². The van der Waals surface area contributed by atoms with Gasteiger partial charge in [-0.25, -0.2) is 0 Å². The van der Waals surface area contributed by atoms with Crippen LogP contribution in [0.15, 0.2) is 47.4 Å². The van der Waals surface area contributed by atoms with Crippen molar-refractivity contribution in [1.82, 2.24) is 5.32 Å². The van der Waals surface area contributed by atoms with Crippen LogP contribution in [-0.4, -0.2) is 23.3 Å². The molecule has 0 aliphatic rings. The van der Waals surface area contributed by atoms with Crippen molar-refractivity contribution in [3.05, 3.63) is 64.2 Å². The summed E-state index contributed by atoms with van der Waals surface area (Å²) >= 11 is 7.32. The van der Waals surface area contributed by atoms with Crippen LogP contribution in [0.2, 0.25) is 5.02 Å². The standard InChI is InChI=1S/C18H20ClNO2S/c1-12-3-4-13(2)17(9-12)23-11-18(22)20-10-16(21)14-5-7-15(19)8-6-14/h3-9,16,21H,10-11H2,1-2H3,(H,20,22). The third kappa shape index (κ3) is 5.57. The Bertz CT molecular complexity index is 673. The minimum Gasteiger partial charge on any atom is -0.387 e. The highest BCUT2D eigenvalue weighted by atomic mass is 35.5. The summed E-state index contributed by atoms with van der Waals surface area (Å²) in [6, 6.07) is 13.1. The van der Waals surface area contributed by atoms with E-state index in [0.717, 1.165) is 16.0 Å². The molecule has 0 heterocycles. The Kier molecular flexibility index (Phi) is 6.51. The summed E-state index contributed by atoms with van der Waals surface area (Å²) in [7, 11) is 0. The van der Waals surface area contributed by atoms with Gasteiger partial charge >= 0.3 is 0 Å². The van der Waals surface area contributed by atoms with E-state index in [-0.39, 0.29) is 12.5 Å². The molecule has 2 aromatic rings. The fourth-order valence-corrected chi connectivity index (χ4v) is 3.15. The molecular weight excluding hydrogens is 330 g/mol. The van der Waals surface area contributed by atoms with Crippen molar-refractivity contribution in [2.24, 2.45) is 0 Å². The number of amides is 1. The van der Waals surface area contributed by atoms with E-state index >= 15 is 0 Å². The lowest BCUT2D eigenvalue weighted by molar-refractivity contribution is -0.119. The van der Waals surface area contributed by atoms with E-state index in [1.54, 1.807) is 24.3 Å². The molecule has 0 saturated carbocycles. The number of carbonyl (C=O) groups is 1. The molecule has 0 aliphatic carbocycles. The van der Waals surface area contributed by atoms with Gasteiger partial charge in [-0.3, -0.25) is 4.79 Å². The summed E-state index contributed by atoms with van der Waals surface area (Å²) in [5.74, 6) is 0.237. The average molecular weight is 350 g/mol. The van der Waals surface area contributed by atoms with Crippen molar-refractivity contribution in [1.29, 1.82) is 0 Å². The number of aliphatic hydroxyl groups excluding tert-OH is 1. The predicted molar refractivity (Wildman–Crippen MR) is 96.1 cm³/mol. The number of aliphatic hydroxyl groups is 1. The van der Waals surface area contributed by atoms with Crippen LogP contribution in [0, 0.1) is 13.8 Å². The van der Waals surface area contributed by atoms with Crippen molar-refractivity contribution in [2.75, 3.05) is 12.3 Å². The van der Waals surface area contributed by atoms with Gasteiger partial charge in [0, 0.05) is 16.5 Å². The largest absolute Gasteiger partial charge is 0.387 e. The fraction of sp³-hybridized carbons (Fsp3) is 0.278. The second kappa shape index (κ2) is 8.39. The lowest BCUT2D eigenvalue weighted by Gasteiger charge is -2.12. The van der Waals surface area contributed by atoms with E-state index in [9.17, 15) is 9.90 Å². The van der Waals surface area contributed by atoms with Gasteiger partial charge in [-0.15, -0.1) is 11.8 Å². The topological polar surface area (TPSA) is 49.3 Å². The number of hydrogen-bond acceptors (Lipinski definition) is 3. The molecule has 23 heavy (non-hydrogen) atoms. The molecule has 2 N–H and O–H groups in total. The highest BCUT2D eigenvalue weighted by Crippen LogP contribution is 2.23. The number of rotatable bonds is 6. The lowest BCUT2D eigenvalue weighted by Crippen LogP contribution is -2.29. The van der Waals surface area contributed by atoms with Gasteiger partial charge in [-0.2, -0.15) is 0 Å². The number of carbonyl (C=O) groups excluding carboxylic acids is 1. The molecule has 2 rings (SSSR count). The first-order chi connectivity index (χ1) is 11.0. The van der Waals surface area contributed by atoms with Gasteiger partial charge < -0.3 is 10.4 Å². The van der Waals surface area contributed by atoms with Crippen LogP contribution in [0.1, 0.15) is 22.8 Å². The minimum atomic E-state index is -0.734. The van der Waals surface area contributed by atoms with Gasteiger partial charge in [0.1, 0.15) is 0 Å². The summed E-state index contributed by atoms with van der Waals surface area (Å²) in [6.07, 6.45) is -0.734. The second-order valence-corrected chi connectivity index (χ2v) is 6.88. The molecule has 2 aromatic carbocycles. The molecule has 5 heteroatoms. The molecule has 1 unspecified atom stereocenters. The maximum atomic E-state index is 11.9. The monoisotopic (exact) mass is 349 g/mol. The summed E-state index contributed by atoms with van der Waals surface area (Å²) < 4.78 is 0. The van der Waals surface area contributed by atoms with Crippen LogP contribution < -0.4 is 5.32 Å². The quantitative estimate of drug-likeness (QED) is 0.778. The van der Waals surface area contributed by atoms with E-state index < -0.39 is 6.10 Å². The van der Waals surface area contributed by atoms with Crippen LogP contribution in [-0.2, 0) is 4.79 Å². The molecule has 0 fully saturated rings. The molecule has 0 aromatic heterocycles. The Morgan fingerprint density at radius 2 is 1.91 bits per heavy atom. The molecule has 0 saturated heterocycles. The smallest absolute Gasteiger partial charge is 0.230 e. The zero-order valence-electron chi connectivity index (χ0n) is 13.2. The minimum absolute atomic E-state index is 0.0936. The van der Waals surface area contributed by atoms with E-state index in [2.05, 4.69) is 23.5 Å². The Morgan fingerprint density at radius 1 is 1.22 bits per heavy atom. The van der Waals surface area contributed by atoms with E-state index in [4.69, 9.17) is 11.6 Å². The van der Waals surface area contributed by atoms with E-state index in [0.29, 0.717) is 10.8 Å². The lowest BCUT2D eigenvalue weighted by atomic mass is 10.1. The Labute approximate surface area is 146 Å². The van der Waals surface area contributed by atoms with Gasteiger partial charge in [-0.05, 0) is 43.2 Å². The van der Waals surface area contributed by atoms with Gasteiger partial charge in [0.25, 0.3) is 0 Å². The fourth-order valence-electron chi connectivity index (χ4n) is 2.07. The second-order valence-electron chi connectivity index (χ2n) is 5.43. The first kappa shape index (κ1) is 17.9. The molecule has 0 spiro atoms. The van der Waals surface area contributed by atoms with Gasteiger partial charge in [-0.1, -0.05) is 41.4 Å². The average Bonchev–Trinajstić information content (AvgIpc) is 2.54. The molecule has 122 valence electrons. The molecule has 0 aliphatic heterocycles. The summed E-state index contributed by atoms with van der Waals surface area (Å²) in [5.41, 5.74) is 3.07. The van der Waals surface area contributed by atoms with Crippen molar-refractivity contribution >= 4 is 29.3 Å². The van der Waals surface area contributed by atoms with Crippen LogP contribution in [0.3, 0.4) is 0 Å². The number of halogens is 1. The zero-order chi connectivity index (χ0) is 16.8. The first-order valence-corrected chi connectivity index (χ1v) is 8.72. The highest BCUT2D eigenvalue weighted by Gasteiger charge is 2.10. The maximum absolute atomic E-state index is 11.9. The molecule has 1 atom stereocenters. The zero-order valence-corrected chi connectivity index (χ0v) is 14.7. The van der Waals surface area contributed by atoms with Crippen LogP contribution >= 0.6 is 23.4 Å². The van der Waals surface area contributed by atoms with Crippen molar-refractivity contribution in [3.8, 4) is 0 Å². The number of nitrogens with one attached hydrogen (secondary N) is 1. The van der Waals surface area contributed by atoms with Crippen molar-refractivity contribution < 1.29 is 9.90 Å². The summed E-state index contributed by atoms with van der Waals surface area (Å²) in [5, 5.41) is 13.4. The summed E-state index contributed by atoms with van der Waals surface area (Å²) in [4.78, 5) is 13.0. The number of hydrogen-bond donors (Lipinski definition) is 2. The number of thioether (sulfide) groups is 1. The molecule has 0 radical (unpaired) electrons. The van der Waals surface area contributed by atoms with E-state index in [1.165, 1.54) is 17.3 Å². The Balaban J connectivity index is 1.81. The van der Waals surface area contributed by atoms with Crippen LogP contribution in [0.5, 0.6) is 0 Å². The summed E-state index contributed by atoms with van der Waals surface area (Å²) in [6.45, 7) is 4.25. The van der Waals surface area contributed by atoms with Crippen molar-refractivity contribution in [3.63, 3.8) is 0 Å². The maximum Gasteiger partial charge on any atom is 0.230 e. The molecule has 0 bridgehead atoms. The van der Waals surface area contributed by atoms with Crippen LogP contribution in [0.4, 0.5) is 0 Å². The number of benzene rings is 2. The molecule has 1 amide bonds. The molecular formula is C18H20ClNO2S. The SMILES string of the molecule is Cc1ccc(C)c(SCC(=O)NCC(O)c2ccc(Cl)cc2)c1. The third-order valence-electron chi connectivity index (χ3n) is 3.45. The van der Waals surface area contributed by atoms with Gasteiger partial charge in [0.15, 0.2) is 0 Å². The Hall–Kier alpha value is -1.49. The third-order valence-corrected chi connectivity index (χ3v) is 4.86.